The van der Waals surface area contributed by atoms with E-state index in [0.29, 0.717) is 6.42 Å². The van der Waals surface area contributed by atoms with Crippen molar-refractivity contribution < 1.29 is 18.8 Å². The summed E-state index contributed by atoms with van der Waals surface area (Å²) in [7, 11) is -2.97. The molecular weight excluding hydrogens is 203 g/mol. The highest BCUT2D eigenvalue weighted by Crippen LogP contribution is 2.27. The van der Waals surface area contributed by atoms with E-state index >= 15 is 0 Å². The Morgan fingerprint density at radius 2 is 2.07 bits per heavy atom. The van der Waals surface area contributed by atoms with Gasteiger partial charge in [-0.1, -0.05) is 27.2 Å². The molecule has 0 bridgehead atoms. The molecule has 0 heterocycles. The highest BCUT2D eigenvalue weighted by molar-refractivity contribution is 7.32. The van der Waals surface area contributed by atoms with Crippen LogP contribution in [0.25, 0.3) is 0 Å². The molecule has 0 aliphatic heterocycles. The van der Waals surface area contributed by atoms with Crippen LogP contribution in [0.3, 0.4) is 0 Å². The van der Waals surface area contributed by atoms with Crippen LogP contribution in [-0.2, 0) is 13.9 Å². The van der Waals surface area contributed by atoms with Gasteiger partial charge in [0.2, 0.25) is 0 Å². The van der Waals surface area contributed by atoms with Crippen molar-refractivity contribution in [2.45, 2.75) is 40.0 Å². The number of hydrogen-bond acceptors (Lipinski definition) is 3. The highest BCUT2D eigenvalue weighted by atomic mass is 31.1. The lowest BCUT2D eigenvalue weighted by molar-refractivity contribution is -0.123. The molecule has 1 atom stereocenters. The Morgan fingerprint density at radius 3 is 2.50 bits per heavy atom. The summed E-state index contributed by atoms with van der Waals surface area (Å²) in [5, 5.41) is 0. The maximum Gasteiger partial charge on any atom is 0.317 e. The van der Waals surface area contributed by atoms with Crippen LogP contribution in [0.1, 0.15) is 40.0 Å². The quantitative estimate of drug-likeness (QED) is 0.670. The van der Waals surface area contributed by atoms with Crippen LogP contribution in [0.5, 0.6) is 0 Å². The molecule has 4 nitrogen and oxygen atoms in total. The number of carbonyl (C=O) groups is 1. The summed E-state index contributed by atoms with van der Waals surface area (Å²) in [5.41, 5.74) is -0.0412. The number of rotatable bonds is 7. The zero-order valence-corrected chi connectivity index (χ0v) is 10.0. The molecule has 0 rings (SSSR count). The highest BCUT2D eigenvalue weighted by Gasteiger charge is 2.20. The molecule has 1 unspecified atom stereocenters. The van der Waals surface area contributed by atoms with E-state index in [2.05, 4.69) is 11.4 Å². The number of Topliss-reactive ketones (excluding diaryl/α,β-unsaturated/α-hetero) is 1. The van der Waals surface area contributed by atoms with E-state index in [4.69, 9.17) is 4.89 Å². The molecule has 0 fully saturated rings. The molecule has 14 heavy (non-hydrogen) atoms. The van der Waals surface area contributed by atoms with Gasteiger partial charge in [-0.2, -0.15) is 0 Å². The minimum atomic E-state index is -2.97. The zero-order valence-electron chi connectivity index (χ0n) is 9.00. The Labute approximate surface area is 85.6 Å². The van der Waals surface area contributed by atoms with E-state index in [-0.39, 0.29) is 17.8 Å². The summed E-state index contributed by atoms with van der Waals surface area (Å²) in [6.07, 6.45) is 2.39. The van der Waals surface area contributed by atoms with Gasteiger partial charge in [0.25, 0.3) is 0 Å². The lowest BCUT2D eigenvalue weighted by atomic mass is 9.83. The van der Waals surface area contributed by atoms with Crippen molar-refractivity contribution in [1.82, 2.24) is 0 Å². The van der Waals surface area contributed by atoms with E-state index in [9.17, 15) is 9.36 Å². The fraction of sp³-hybridized carbons (Fsp3) is 0.889. The molecule has 0 saturated carbocycles. The first-order valence-corrected chi connectivity index (χ1v) is 6.01. The molecule has 0 saturated heterocycles. The summed E-state index contributed by atoms with van der Waals surface area (Å²) >= 11 is 0. The van der Waals surface area contributed by atoms with Gasteiger partial charge in [0.15, 0.2) is 5.78 Å². The number of hydrogen-bond donors (Lipinski definition) is 1. The van der Waals surface area contributed by atoms with E-state index in [0.717, 1.165) is 12.8 Å². The van der Waals surface area contributed by atoms with Crippen molar-refractivity contribution in [3.05, 3.63) is 0 Å². The van der Waals surface area contributed by atoms with Crippen molar-refractivity contribution in [3.63, 3.8) is 0 Å². The molecule has 0 amide bonds. The molecule has 0 aromatic heterocycles. The van der Waals surface area contributed by atoms with Crippen molar-refractivity contribution in [2.75, 3.05) is 6.61 Å². The smallest absolute Gasteiger partial charge is 0.317 e. The van der Waals surface area contributed by atoms with Crippen LogP contribution < -0.4 is 0 Å². The first kappa shape index (κ1) is 13.8. The van der Waals surface area contributed by atoms with Gasteiger partial charge in [-0.25, -0.2) is 0 Å². The average Bonchev–Trinajstić information content (AvgIpc) is 1.99. The third kappa shape index (κ3) is 7.25. The van der Waals surface area contributed by atoms with Crippen LogP contribution in [0, 0.1) is 5.41 Å². The lowest BCUT2D eigenvalue weighted by Gasteiger charge is -2.22. The molecule has 0 aliphatic rings. The zero-order chi connectivity index (χ0) is 11.2. The first-order valence-electron chi connectivity index (χ1n) is 4.75. The molecule has 0 aromatic carbocycles. The van der Waals surface area contributed by atoms with Crippen molar-refractivity contribution in [2.24, 2.45) is 5.41 Å². The standard InChI is InChI=1S/C9H19O4P/c1-4-5-9(2,3)6-8(10)7-13-14(11)12/h14H,4-7H2,1-3H3,(H,11,12). The monoisotopic (exact) mass is 222 g/mol. The summed E-state index contributed by atoms with van der Waals surface area (Å²) in [5.74, 6) is -0.115. The van der Waals surface area contributed by atoms with Gasteiger partial charge < -0.3 is 9.42 Å². The maximum absolute atomic E-state index is 11.3. The largest absolute Gasteiger partial charge is 0.326 e. The molecule has 0 aliphatic carbocycles. The van der Waals surface area contributed by atoms with Crippen molar-refractivity contribution in [3.8, 4) is 0 Å². The molecule has 0 spiro atoms. The second-order valence-electron chi connectivity index (χ2n) is 4.18. The number of carbonyl (C=O) groups excluding carboxylic acids is 1. The van der Waals surface area contributed by atoms with Gasteiger partial charge in [0.1, 0.15) is 6.61 Å². The minimum Gasteiger partial charge on any atom is -0.326 e. The Bertz CT molecular complexity index is 213. The van der Waals surface area contributed by atoms with Crippen molar-refractivity contribution in [1.29, 1.82) is 0 Å². The van der Waals surface area contributed by atoms with Gasteiger partial charge in [0.05, 0.1) is 0 Å². The van der Waals surface area contributed by atoms with Crippen LogP contribution in [0.4, 0.5) is 0 Å². The van der Waals surface area contributed by atoms with Crippen LogP contribution in [-0.4, -0.2) is 17.3 Å². The lowest BCUT2D eigenvalue weighted by Crippen LogP contribution is -2.19. The minimum absolute atomic E-state index is 0.0412. The molecule has 0 radical (unpaired) electrons. The predicted molar refractivity (Wildman–Crippen MR) is 55.5 cm³/mol. The Kier molecular flexibility index (Phi) is 6.25. The third-order valence-corrected chi connectivity index (χ3v) is 2.35. The molecule has 0 aromatic rings. The summed E-state index contributed by atoms with van der Waals surface area (Å²) in [4.78, 5) is 19.7. The topological polar surface area (TPSA) is 63.6 Å². The molecule has 1 N–H and O–H groups in total. The Morgan fingerprint density at radius 1 is 1.50 bits per heavy atom. The molecular formula is C9H19O4P. The van der Waals surface area contributed by atoms with Crippen LogP contribution in [0.2, 0.25) is 0 Å². The van der Waals surface area contributed by atoms with E-state index in [1.165, 1.54) is 0 Å². The Balaban J connectivity index is 3.86. The molecule has 5 heteroatoms. The van der Waals surface area contributed by atoms with Gasteiger partial charge >= 0.3 is 8.25 Å². The van der Waals surface area contributed by atoms with Gasteiger partial charge in [-0.05, 0) is 11.8 Å². The maximum atomic E-state index is 11.3. The second kappa shape index (κ2) is 6.33. The average molecular weight is 222 g/mol. The van der Waals surface area contributed by atoms with Gasteiger partial charge in [-0.3, -0.25) is 9.36 Å². The normalized spacial score (nSPS) is 14.0. The predicted octanol–water partition coefficient (Wildman–Crippen LogP) is 2.17. The van der Waals surface area contributed by atoms with Gasteiger partial charge in [-0.15, -0.1) is 0 Å². The summed E-state index contributed by atoms with van der Waals surface area (Å²) in [6.45, 7) is 5.84. The molecule has 84 valence electrons. The van der Waals surface area contributed by atoms with Crippen molar-refractivity contribution >= 4 is 14.0 Å². The summed E-state index contributed by atoms with van der Waals surface area (Å²) < 4.78 is 14.6. The van der Waals surface area contributed by atoms with E-state index < -0.39 is 8.25 Å². The Hall–Kier alpha value is -0.180. The van der Waals surface area contributed by atoms with E-state index in [1.807, 2.05) is 13.8 Å². The van der Waals surface area contributed by atoms with Crippen LogP contribution >= 0.6 is 8.25 Å². The fourth-order valence-electron chi connectivity index (χ4n) is 1.49. The summed E-state index contributed by atoms with van der Waals surface area (Å²) in [6, 6.07) is 0. The first-order chi connectivity index (χ1) is 6.37. The van der Waals surface area contributed by atoms with Crippen LogP contribution in [0.15, 0.2) is 0 Å². The third-order valence-electron chi connectivity index (χ3n) is 1.96. The van der Waals surface area contributed by atoms with E-state index in [1.54, 1.807) is 0 Å². The number of ketones is 1. The second-order valence-corrected chi connectivity index (χ2v) is 5.00. The SMILES string of the molecule is CCCC(C)(C)CC(=O)CO[PH](=O)O. The van der Waals surface area contributed by atoms with Gasteiger partial charge in [0, 0.05) is 6.42 Å². The fourth-order valence-corrected chi connectivity index (χ4v) is 1.78.